The first kappa shape index (κ1) is 27.4. The Morgan fingerprint density at radius 3 is 2.62 bits per heavy atom. The summed E-state index contributed by atoms with van der Waals surface area (Å²) in [6, 6.07) is 15.8. The van der Waals surface area contributed by atoms with Crippen molar-refractivity contribution in [3.8, 4) is 11.3 Å². The van der Waals surface area contributed by atoms with Gasteiger partial charge in [0.25, 0.3) is 11.8 Å². The quantitative estimate of drug-likeness (QED) is 0.178. The lowest BCUT2D eigenvalue weighted by Gasteiger charge is -2.18. The fourth-order valence-electron chi connectivity index (χ4n) is 4.96. The first-order valence-electron chi connectivity index (χ1n) is 13.5. The predicted molar refractivity (Wildman–Crippen MR) is 164 cm³/mol. The molecule has 2 amide bonds. The van der Waals surface area contributed by atoms with Crippen LogP contribution in [0.2, 0.25) is 0 Å². The monoisotopic (exact) mass is 554 g/mol. The van der Waals surface area contributed by atoms with E-state index in [1.807, 2.05) is 73.8 Å². The number of nitrogens with zero attached hydrogens (tertiary/aromatic N) is 2. The third-order valence-electron chi connectivity index (χ3n) is 7.23. The number of aryl methyl sites for hydroxylation is 1. The standard InChI is InChI=1S/C31H34N6O2S/c1-5-37(6-2)15-14-32-30(39)28-19(3)26(33-20(28)4)17-24-23-16-21(12-13-25(23)35-29(24)38)27-18-40-31(36-27)34-22-10-8-7-9-11-22/h7-13,16-18,33H,5-6,14-15H2,1-4H3,(H,32,39)(H,34,36)(H,35,38)/b24-17-. The van der Waals surface area contributed by atoms with Crippen molar-refractivity contribution in [2.45, 2.75) is 27.7 Å². The summed E-state index contributed by atoms with van der Waals surface area (Å²) >= 11 is 1.53. The molecule has 206 valence electrons. The molecule has 5 rings (SSSR count). The van der Waals surface area contributed by atoms with Crippen molar-refractivity contribution in [2.75, 3.05) is 36.8 Å². The topological polar surface area (TPSA) is 102 Å². The molecule has 0 spiro atoms. The SMILES string of the molecule is CCN(CC)CCNC(=O)c1c(C)[nH]c(/C=C2\C(=O)Nc3ccc(-c4csc(Nc5ccccc5)n4)cc32)c1C. The highest BCUT2D eigenvalue weighted by Crippen LogP contribution is 2.37. The third-order valence-corrected chi connectivity index (χ3v) is 7.99. The van der Waals surface area contributed by atoms with Crippen molar-refractivity contribution in [3.63, 3.8) is 0 Å². The Balaban J connectivity index is 1.38. The molecule has 1 aliphatic rings. The fraction of sp³-hybridized carbons (Fsp3) is 0.258. The minimum Gasteiger partial charge on any atom is -0.358 e. The lowest BCUT2D eigenvalue weighted by atomic mass is 10.0. The van der Waals surface area contributed by atoms with Crippen LogP contribution in [0.1, 0.15) is 46.7 Å². The van der Waals surface area contributed by atoms with Gasteiger partial charge in [0.05, 0.1) is 16.8 Å². The van der Waals surface area contributed by atoms with E-state index in [1.54, 1.807) is 0 Å². The van der Waals surface area contributed by atoms with E-state index >= 15 is 0 Å². The number of hydrogen-bond acceptors (Lipinski definition) is 6. The number of hydrogen-bond donors (Lipinski definition) is 4. The summed E-state index contributed by atoms with van der Waals surface area (Å²) in [5, 5.41) is 12.1. The van der Waals surface area contributed by atoms with E-state index in [1.165, 1.54) is 11.3 Å². The zero-order chi connectivity index (χ0) is 28.2. The number of H-pyrrole nitrogens is 1. The van der Waals surface area contributed by atoms with Gasteiger partial charge in [-0.2, -0.15) is 0 Å². The van der Waals surface area contributed by atoms with E-state index in [-0.39, 0.29) is 11.8 Å². The predicted octanol–water partition coefficient (Wildman–Crippen LogP) is 6.06. The van der Waals surface area contributed by atoms with Crippen LogP contribution in [0.15, 0.2) is 53.9 Å². The number of carbonyl (C=O) groups excluding carboxylic acids is 2. The first-order chi connectivity index (χ1) is 19.4. The number of aromatic amines is 1. The number of anilines is 3. The van der Waals surface area contributed by atoms with Crippen molar-refractivity contribution in [1.82, 2.24) is 20.2 Å². The van der Waals surface area contributed by atoms with E-state index in [4.69, 9.17) is 4.98 Å². The van der Waals surface area contributed by atoms with Gasteiger partial charge in [0, 0.05) is 52.4 Å². The maximum atomic E-state index is 13.0. The number of benzene rings is 2. The highest BCUT2D eigenvalue weighted by atomic mass is 32.1. The van der Waals surface area contributed by atoms with Crippen LogP contribution in [-0.2, 0) is 4.79 Å². The van der Waals surface area contributed by atoms with Crippen LogP contribution in [-0.4, -0.2) is 52.9 Å². The Morgan fingerprint density at radius 2 is 1.88 bits per heavy atom. The highest BCUT2D eigenvalue weighted by molar-refractivity contribution is 7.14. The molecular weight excluding hydrogens is 520 g/mol. The van der Waals surface area contributed by atoms with Gasteiger partial charge in [-0.05, 0) is 62.8 Å². The van der Waals surface area contributed by atoms with Crippen LogP contribution >= 0.6 is 11.3 Å². The highest BCUT2D eigenvalue weighted by Gasteiger charge is 2.26. The molecule has 2 aromatic carbocycles. The molecule has 0 atom stereocenters. The van der Waals surface area contributed by atoms with Crippen LogP contribution in [0.5, 0.6) is 0 Å². The van der Waals surface area contributed by atoms with Crippen LogP contribution in [0, 0.1) is 13.8 Å². The number of carbonyl (C=O) groups is 2. The first-order valence-corrected chi connectivity index (χ1v) is 14.4. The summed E-state index contributed by atoms with van der Waals surface area (Å²) in [6.45, 7) is 11.3. The Bertz CT molecular complexity index is 1570. The van der Waals surface area contributed by atoms with Crippen LogP contribution in [0.25, 0.3) is 22.9 Å². The number of nitrogens with one attached hydrogen (secondary N) is 4. The average molecular weight is 555 g/mol. The molecule has 40 heavy (non-hydrogen) atoms. The number of thiazole rings is 1. The van der Waals surface area contributed by atoms with Crippen molar-refractivity contribution in [1.29, 1.82) is 0 Å². The van der Waals surface area contributed by atoms with Crippen molar-refractivity contribution in [3.05, 3.63) is 82.0 Å². The van der Waals surface area contributed by atoms with E-state index in [0.717, 1.165) is 69.9 Å². The summed E-state index contributed by atoms with van der Waals surface area (Å²) < 4.78 is 0. The third kappa shape index (κ3) is 5.71. The van der Waals surface area contributed by atoms with Gasteiger partial charge in [0.2, 0.25) is 0 Å². The lowest BCUT2D eigenvalue weighted by Crippen LogP contribution is -2.35. The Kier molecular flexibility index (Phi) is 8.14. The van der Waals surface area contributed by atoms with Gasteiger partial charge in [-0.15, -0.1) is 11.3 Å². The van der Waals surface area contributed by atoms with Gasteiger partial charge in [-0.3, -0.25) is 9.59 Å². The second-order valence-electron chi connectivity index (χ2n) is 9.75. The molecule has 1 aliphatic heterocycles. The number of amides is 2. The van der Waals surface area contributed by atoms with Crippen molar-refractivity contribution < 1.29 is 9.59 Å². The summed E-state index contributed by atoms with van der Waals surface area (Å²) in [6.07, 6.45) is 1.84. The van der Waals surface area contributed by atoms with Gasteiger partial charge in [-0.1, -0.05) is 38.1 Å². The van der Waals surface area contributed by atoms with E-state index < -0.39 is 0 Å². The van der Waals surface area contributed by atoms with Gasteiger partial charge in [0.15, 0.2) is 5.13 Å². The largest absolute Gasteiger partial charge is 0.358 e. The molecular formula is C31H34N6O2S. The molecule has 0 radical (unpaired) electrons. The Hall–Kier alpha value is -4.21. The van der Waals surface area contributed by atoms with E-state index in [9.17, 15) is 9.59 Å². The number of fused-ring (bicyclic) bond motifs is 1. The van der Waals surface area contributed by atoms with Gasteiger partial charge < -0.3 is 25.8 Å². The minimum absolute atomic E-state index is 0.106. The molecule has 2 aromatic heterocycles. The number of likely N-dealkylation sites (N-methyl/N-ethyl adjacent to an activating group) is 1. The second-order valence-corrected chi connectivity index (χ2v) is 10.6. The van der Waals surface area contributed by atoms with Crippen molar-refractivity contribution >= 4 is 51.3 Å². The number of rotatable bonds is 10. The number of aromatic nitrogens is 2. The zero-order valence-corrected chi connectivity index (χ0v) is 24.0. The Labute approximate surface area is 238 Å². The molecule has 0 unspecified atom stereocenters. The minimum atomic E-state index is -0.172. The fourth-order valence-corrected chi connectivity index (χ4v) is 5.70. The molecule has 8 nitrogen and oxygen atoms in total. The molecule has 4 N–H and O–H groups in total. The molecule has 3 heterocycles. The molecule has 0 bridgehead atoms. The van der Waals surface area contributed by atoms with Crippen LogP contribution in [0.4, 0.5) is 16.5 Å². The van der Waals surface area contributed by atoms with E-state index in [2.05, 4.69) is 39.7 Å². The summed E-state index contributed by atoms with van der Waals surface area (Å²) in [5.74, 6) is -0.279. The van der Waals surface area contributed by atoms with Crippen LogP contribution in [0.3, 0.4) is 0 Å². The maximum Gasteiger partial charge on any atom is 0.256 e. The molecule has 0 aliphatic carbocycles. The van der Waals surface area contributed by atoms with Gasteiger partial charge in [0.1, 0.15) is 0 Å². The van der Waals surface area contributed by atoms with Crippen molar-refractivity contribution in [2.24, 2.45) is 0 Å². The molecule has 9 heteroatoms. The molecule has 4 aromatic rings. The van der Waals surface area contributed by atoms with Gasteiger partial charge >= 0.3 is 0 Å². The normalized spacial score (nSPS) is 13.5. The van der Waals surface area contributed by atoms with Crippen LogP contribution < -0.4 is 16.0 Å². The smallest absolute Gasteiger partial charge is 0.256 e. The zero-order valence-electron chi connectivity index (χ0n) is 23.2. The number of para-hydroxylation sites is 1. The summed E-state index contributed by atoms with van der Waals surface area (Å²) in [4.78, 5) is 36.3. The molecule has 0 fully saturated rings. The van der Waals surface area contributed by atoms with E-state index in [0.29, 0.717) is 17.7 Å². The molecule has 0 saturated heterocycles. The summed E-state index contributed by atoms with van der Waals surface area (Å²) in [7, 11) is 0. The Morgan fingerprint density at radius 1 is 1.10 bits per heavy atom. The molecule has 0 saturated carbocycles. The summed E-state index contributed by atoms with van der Waals surface area (Å²) in [5.41, 5.74) is 7.82. The van der Waals surface area contributed by atoms with Gasteiger partial charge in [-0.25, -0.2) is 4.98 Å². The lowest BCUT2D eigenvalue weighted by molar-refractivity contribution is -0.110. The maximum absolute atomic E-state index is 13.0. The average Bonchev–Trinajstić information content (AvgIpc) is 3.62. The second kappa shape index (κ2) is 11.9.